The molecule has 4 amide bonds. The molecule has 2 aromatic rings. The molecule has 2 aromatic carbocycles. The predicted octanol–water partition coefficient (Wildman–Crippen LogP) is 2.88. The first-order valence-electron chi connectivity index (χ1n) is 11.9. The van der Waals surface area contributed by atoms with Crippen LogP contribution in [0.15, 0.2) is 42.5 Å². The SMILES string of the molecule is O=C1CCC(N2Cc3c(OCc4ccc(C5CCN(C(=O)O)CC5)cc4)cccc3C2=O)C(=O)N1. The lowest BCUT2D eigenvalue weighted by molar-refractivity contribution is -0.136. The van der Waals surface area contributed by atoms with E-state index in [4.69, 9.17) is 9.84 Å². The average Bonchev–Trinajstić information content (AvgIpc) is 3.20. The zero-order valence-electron chi connectivity index (χ0n) is 19.2. The monoisotopic (exact) mass is 477 g/mol. The molecule has 2 fully saturated rings. The molecule has 3 aliphatic heterocycles. The molecular weight excluding hydrogens is 450 g/mol. The Kier molecular flexibility index (Phi) is 6.15. The summed E-state index contributed by atoms with van der Waals surface area (Å²) in [5.41, 5.74) is 3.46. The highest BCUT2D eigenvalue weighted by atomic mass is 16.5. The summed E-state index contributed by atoms with van der Waals surface area (Å²) in [5, 5.41) is 11.4. The Morgan fingerprint density at radius 2 is 1.77 bits per heavy atom. The molecule has 2 N–H and O–H groups in total. The number of hydrogen-bond donors (Lipinski definition) is 2. The fraction of sp³-hybridized carbons (Fsp3) is 0.385. The van der Waals surface area contributed by atoms with Gasteiger partial charge in [0.2, 0.25) is 11.8 Å². The fourth-order valence-electron chi connectivity index (χ4n) is 5.14. The van der Waals surface area contributed by atoms with E-state index < -0.39 is 18.0 Å². The van der Waals surface area contributed by atoms with Crippen LogP contribution in [0.1, 0.15) is 58.6 Å². The predicted molar refractivity (Wildman–Crippen MR) is 125 cm³/mol. The zero-order chi connectivity index (χ0) is 24.5. The number of carbonyl (C=O) groups excluding carboxylic acids is 3. The summed E-state index contributed by atoms with van der Waals surface area (Å²) in [6.45, 7) is 1.71. The molecule has 5 rings (SSSR count). The first-order chi connectivity index (χ1) is 16.9. The molecule has 9 heteroatoms. The Balaban J connectivity index is 1.22. The number of hydrogen-bond acceptors (Lipinski definition) is 5. The Labute approximate surface area is 202 Å². The molecule has 0 saturated carbocycles. The van der Waals surface area contributed by atoms with Crippen LogP contribution in [0.5, 0.6) is 5.75 Å². The standard InChI is InChI=1S/C26H27N3O6/c30-23-9-8-21(24(31)27-23)29-14-20-19(25(29)32)2-1-3-22(20)35-15-16-4-6-17(7-5-16)18-10-12-28(13-11-18)26(33)34/h1-7,18,21H,8-15H2,(H,33,34)(H,27,30,31). The van der Waals surface area contributed by atoms with Crippen molar-refractivity contribution in [2.24, 2.45) is 0 Å². The Hall–Kier alpha value is -3.88. The summed E-state index contributed by atoms with van der Waals surface area (Å²) in [6.07, 6.45) is 1.31. The van der Waals surface area contributed by atoms with Crippen LogP contribution in [0.4, 0.5) is 4.79 Å². The molecule has 1 atom stereocenters. The third kappa shape index (κ3) is 4.58. The van der Waals surface area contributed by atoms with Crippen molar-refractivity contribution >= 4 is 23.8 Å². The first kappa shape index (κ1) is 22.9. The fourth-order valence-corrected chi connectivity index (χ4v) is 5.14. The number of likely N-dealkylation sites (tertiary alicyclic amines) is 1. The van der Waals surface area contributed by atoms with Crippen molar-refractivity contribution in [3.05, 3.63) is 64.7 Å². The van der Waals surface area contributed by atoms with Gasteiger partial charge in [0.25, 0.3) is 5.91 Å². The maximum absolute atomic E-state index is 13.0. The minimum absolute atomic E-state index is 0.217. The third-order valence-electron chi connectivity index (χ3n) is 7.15. The summed E-state index contributed by atoms with van der Waals surface area (Å²) in [7, 11) is 0. The Morgan fingerprint density at radius 3 is 2.46 bits per heavy atom. The number of carbonyl (C=O) groups is 4. The Morgan fingerprint density at radius 1 is 1.03 bits per heavy atom. The lowest BCUT2D eigenvalue weighted by Crippen LogP contribution is -2.52. The van der Waals surface area contributed by atoms with Gasteiger partial charge in [-0.15, -0.1) is 0 Å². The highest BCUT2D eigenvalue weighted by Gasteiger charge is 2.40. The van der Waals surface area contributed by atoms with Crippen LogP contribution in [0, 0.1) is 0 Å². The van der Waals surface area contributed by atoms with Gasteiger partial charge in [-0.3, -0.25) is 19.7 Å². The highest BCUT2D eigenvalue weighted by Crippen LogP contribution is 2.34. The molecule has 9 nitrogen and oxygen atoms in total. The quantitative estimate of drug-likeness (QED) is 0.640. The van der Waals surface area contributed by atoms with Crippen LogP contribution in [0.2, 0.25) is 0 Å². The minimum Gasteiger partial charge on any atom is -0.489 e. The van der Waals surface area contributed by atoms with Crippen molar-refractivity contribution in [1.82, 2.24) is 15.1 Å². The van der Waals surface area contributed by atoms with Crippen molar-refractivity contribution in [3.63, 3.8) is 0 Å². The number of piperidine rings is 2. The summed E-state index contributed by atoms with van der Waals surface area (Å²) in [6, 6.07) is 12.9. The average molecular weight is 478 g/mol. The number of benzene rings is 2. The third-order valence-corrected chi connectivity index (χ3v) is 7.15. The summed E-state index contributed by atoms with van der Waals surface area (Å²) in [5.74, 6) is -0.00832. The van der Waals surface area contributed by atoms with E-state index in [1.54, 1.807) is 12.1 Å². The van der Waals surface area contributed by atoms with E-state index in [0.717, 1.165) is 24.0 Å². The largest absolute Gasteiger partial charge is 0.489 e. The van der Waals surface area contributed by atoms with E-state index in [0.29, 0.717) is 43.3 Å². The van der Waals surface area contributed by atoms with Crippen LogP contribution in [-0.4, -0.2) is 57.9 Å². The second-order valence-corrected chi connectivity index (χ2v) is 9.26. The van der Waals surface area contributed by atoms with Crippen LogP contribution >= 0.6 is 0 Å². The number of imide groups is 1. The molecule has 0 bridgehead atoms. The molecule has 182 valence electrons. The van der Waals surface area contributed by atoms with E-state index in [2.05, 4.69) is 17.4 Å². The zero-order valence-corrected chi connectivity index (χ0v) is 19.2. The van der Waals surface area contributed by atoms with E-state index in [9.17, 15) is 19.2 Å². The number of nitrogens with zero attached hydrogens (tertiary/aromatic N) is 2. The number of carboxylic acid groups (broad SMARTS) is 1. The normalized spacial score (nSPS) is 20.6. The van der Waals surface area contributed by atoms with Gasteiger partial charge in [0.1, 0.15) is 18.4 Å². The van der Waals surface area contributed by atoms with Gasteiger partial charge in [-0.25, -0.2) is 4.79 Å². The van der Waals surface area contributed by atoms with Gasteiger partial charge in [0.05, 0.1) is 6.54 Å². The van der Waals surface area contributed by atoms with Crippen LogP contribution in [0.25, 0.3) is 0 Å². The molecule has 0 radical (unpaired) electrons. The van der Waals surface area contributed by atoms with Crippen molar-refractivity contribution in [2.45, 2.75) is 50.8 Å². The number of amides is 4. The lowest BCUT2D eigenvalue weighted by Gasteiger charge is -2.30. The maximum atomic E-state index is 13.0. The number of nitrogens with one attached hydrogen (secondary N) is 1. The van der Waals surface area contributed by atoms with Crippen LogP contribution < -0.4 is 10.1 Å². The van der Waals surface area contributed by atoms with Gasteiger partial charge in [0, 0.05) is 30.6 Å². The van der Waals surface area contributed by atoms with Gasteiger partial charge >= 0.3 is 6.09 Å². The highest BCUT2D eigenvalue weighted by molar-refractivity contribution is 6.05. The number of rotatable bonds is 5. The van der Waals surface area contributed by atoms with E-state index in [1.165, 1.54) is 15.4 Å². The lowest BCUT2D eigenvalue weighted by atomic mass is 9.89. The van der Waals surface area contributed by atoms with Gasteiger partial charge in [0.15, 0.2) is 0 Å². The first-order valence-corrected chi connectivity index (χ1v) is 11.9. The van der Waals surface area contributed by atoms with Gasteiger partial charge in [-0.1, -0.05) is 30.3 Å². The topological polar surface area (TPSA) is 116 Å². The van der Waals surface area contributed by atoms with Gasteiger partial charge < -0.3 is 19.6 Å². The molecule has 1 unspecified atom stereocenters. The maximum Gasteiger partial charge on any atom is 0.407 e. The summed E-state index contributed by atoms with van der Waals surface area (Å²) in [4.78, 5) is 50.8. The van der Waals surface area contributed by atoms with Crippen LogP contribution in [0.3, 0.4) is 0 Å². The molecule has 3 heterocycles. The minimum atomic E-state index is -0.856. The molecule has 0 aromatic heterocycles. The summed E-state index contributed by atoms with van der Waals surface area (Å²) < 4.78 is 6.08. The molecule has 2 saturated heterocycles. The van der Waals surface area contributed by atoms with Crippen molar-refractivity contribution in [2.75, 3.05) is 13.1 Å². The van der Waals surface area contributed by atoms with E-state index >= 15 is 0 Å². The van der Waals surface area contributed by atoms with Gasteiger partial charge in [-0.2, -0.15) is 0 Å². The van der Waals surface area contributed by atoms with E-state index in [1.807, 2.05) is 18.2 Å². The number of fused-ring (bicyclic) bond motifs is 1. The second kappa shape index (κ2) is 9.40. The molecular formula is C26H27N3O6. The number of ether oxygens (including phenoxy) is 1. The van der Waals surface area contributed by atoms with E-state index in [-0.39, 0.29) is 24.8 Å². The second-order valence-electron chi connectivity index (χ2n) is 9.26. The molecule has 0 spiro atoms. The van der Waals surface area contributed by atoms with Crippen molar-refractivity contribution in [1.29, 1.82) is 0 Å². The van der Waals surface area contributed by atoms with Gasteiger partial charge in [-0.05, 0) is 48.4 Å². The summed E-state index contributed by atoms with van der Waals surface area (Å²) >= 11 is 0. The van der Waals surface area contributed by atoms with Crippen LogP contribution in [-0.2, 0) is 22.7 Å². The molecule has 3 aliphatic rings. The van der Waals surface area contributed by atoms with Crippen molar-refractivity contribution < 1.29 is 29.0 Å². The van der Waals surface area contributed by atoms with Crippen molar-refractivity contribution in [3.8, 4) is 5.75 Å². The molecule has 35 heavy (non-hydrogen) atoms. The molecule has 0 aliphatic carbocycles. The Bertz CT molecular complexity index is 1170. The smallest absolute Gasteiger partial charge is 0.407 e.